The Labute approximate surface area is 164 Å². The zero-order valence-electron chi connectivity index (χ0n) is 15.3. The molecule has 3 aromatic rings. The van der Waals surface area contributed by atoms with Crippen LogP contribution in [0.2, 0.25) is 5.02 Å². The van der Waals surface area contributed by atoms with E-state index in [0.29, 0.717) is 19.1 Å². The van der Waals surface area contributed by atoms with Crippen molar-refractivity contribution >= 4 is 23.4 Å². The van der Waals surface area contributed by atoms with Crippen LogP contribution >= 0.6 is 11.6 Å². The second-order valence-corrected chi connectivity index (χ2v) is 6.49. The lowest BCUT2D eigenvalue weighted by atomic mass is 10.1. The number of hydrogen-bond acceptors (Lipinski definition) is 5. The minimum absolute atomic E-state index is 0.586. The Morgan fingerprint density at radius 3 is 2.44 bits per heavy atom. The second kappa shape index (κ2) is 9.90. The minimum atomic E-state index is 0.586. The number of nitrogens with one attached hydrogen (secondary N) is 2. The molecule has 140 valence electrons. The number of aromatic nitrogens is 2. The third-order valence-electron chi connectivity index (χ3n) is 4.02. The molecule has 2 N–H and O–H groups in total. The molecule has 27 heavy (non-hydrogen) atoms. The Kier molecular flexibility index (Phi) is 7.02. The largest absolute Gasteiger partial charge is 0.383 e. The van der Waals surface area contributed by atoms with E-state index in [9.17, 15) is 0 Å². The molecule has 0 aliphatic heterocycles. The van der Waals surface area contributed by atoms with Gasteiger partial charge in [0.15, 0.2) is 0 Å². The Bertz CT molecular complexity index is 841. The van der Waals surface area contributed by atoms with E-state index in [0.717, 1.165) is 35.1 Å². The van der Waals surface area contributed by atoms with Crippen LogP contribution in [0.25, 0.3) is 11.3 Å². The molecular weight excluding hydrogens is 360 g/mol. The van der Waals surface area contributed by atoms with Gasteiger partial charge in [0.1, 0.15) is 5.82 Å². The van der Waals surface area contributed by atoms with Crippen LogP contribution in [-0.2, 0) is 11.2 Å². The van der Waals surface area contributed by atoms with Crippen molar-refractivity contribution in [2.45, 2.75) is 6.42 Å². The number of nitrogens with zero attached hydrogens (tertiary/aromatic N) is 2. The van der Waals surface area contributed by atoms with E-state index in [1.165, 1.54) is 5.56 Å². The van der Waals surface area contributed by atoms with Gasteiger partial charge in [0.05, 0.1) is 12.3 Å². The highest BCUT2D eigenvalue weighted by Gasteiger charge is 2.06. The lowest BCUT2D eigenvalue weighted by molar-refractivity contribution is 0.210. The molecule has 0 atom stereocenters. The fourth-order valence-electron chi connectivity index (χ4n) is 2.62. The summed E-state index contributed by atoms with van der Waals surface area (Å²) in [4.78, 5) is 9.18. The van der Waals surface area contributed by atoms with E-state index in [2.05, 4.69) is 20.6 Å². The van der Waals surface area contributed by atoms with Crippen molar-refractivity contribution in [1.82, 2.24) is 9.97 Å². The van der Waals surface area contributed by atoms with Gasteiger partial charge in [-0.2, -0.15) is 4.98 Å². The third kappa shape index (κ3) is 5.94. The Balaban J connectivity index is 1.72. The zero-order chi connectivity index (χ0) is 18.9. The molecular formula is C21H23ClN4O. The molecule has 1 heterocycles. The Morgan fingerprint density at radius 2 is 1.70 bits per heavy atom. The van der Waals surface area contributed by atoms with Crippen molar-refractivity contribution in [2.75, 3.05) is 37.4 Å². The lowest BCUT2D eigenvalue weighted by Crippen LogP contribution is -2.13. The van der Waals surface area contributed by atoms with Gasteiger partial charge in [-0.1, -0.05) is 54.1 Å². The first-order valence-corrected chi connectivity index (χ1v) is 9.28. The monoisotopic (exact) mass is 382 g/mol. The van der Waals surface area contributed by atoms with Gasteiger partial charge in [0, 0.05) is 36.9 Å². The number of ether oxygens (including phenoxy) is 1. The molecule has 1 aromatic heterocycles. The predicted octanol–water partition coefficient (Wildman–Crippen LogP) is 4.51. The topological polar surface area (TPSA) is 59.1 Å². The van der Waals surface area contributed by atoms with Crippen LogP contribution in [0.3, 0.4) is 0 Å². The highest BCUT2D eigenvalue weighted by Crippen LogP contribution is 2.21. The maximum absolute atomic E-state index is 5.94. The summed E-state index contributed by atoms with van der Waals surface area (Å²) in [6, 6.07) is 19.9. The van der Waals surface area contributed by atoms with Crippen LogP contribution in [0, 0.1) is 0 Å². The molecule has 0 spiro atoms. The summed E-state index contributed by atoms with van der Waals surface area (Å²) < 4.78 is 5.09. The van der Waals surface area contributed by atoms with Gasteiger partial charge in [-0.3, -0.25) is 0 Å². The molecule has 0 saturated carbocycles. The highest BCUT2D eigenvalue weighted by atomic mass is 35.5. The zero-order valence-corrected chi connectivity index (χ0v) is 16.0. The molecule has 0 aliphatic rings. The van der Waals surface area contributed by atoms with E-state index >= 15 is 0 Å². The maximum Gasteiger partial charge on any atom is 0.225 e. The Hall–Kier alpha value is -2.63. The van der Waals surface area contributed by atoms with Crippen molar-refractivity contribution < 1.29 is 4.74 Å². The van der Waals surface area contributed by atoms with Crippen molar-refractivity contribution in [3.05, 3.63) is 71.2 Å². The fourth-order valence-corrected chi connectivity index (χ4v) is 2.75. The van der Waals surface area contributed by atoms with Gasteiger partial charge in [0.25, 0.3) is 0 Å². The summed E-state index contributed by atoms with van der Waals surface area (Å²) >= 11 is 5.94. The molecule has 2 aromatic carbocycles. The predicted molar refractivity (Wildman–Crippen MR) is 111 cm³/mol. The van der Waals surface area contributed by atoms with Crippen LogP contribution < -0.4 is 10.6 Å². The molecule has 3 rings (SSSR count). The van der Waals surface area contributed by atoms with Crippen LogP contribution in [0.4, 0.5) is 11.8 Å². The summed E-state index contributed by atoms with van der Waals surface area (Å²) in [7, 11) is 1.67. The molecule has 0 amide bonds. The van der Waals surface area contributed by atoms with E-state index in [1.54, 1.807) is 7.11 Å². The molecule has 0 radical (unpaired) electrons. The van der Waals surface area contributed by atoms with Gasteiger partial charge in [-0.05, 0) is 24.1 Å². The summed E-state index contributed by atoms with van der Waals surface area (Å²) in [5.41, 5.74) is 3.15. The molecule has 0 bridgehead atoms. The fraction of sp³-hybridized carbons (Fsp3) is 0.238. The number of benzene rings is 2. The maximum atomic E-state index is 5.94. The van der Waals surface area contributed by atoms with Gasteiger partial charge < -0.3 is 15.4 Å². The van der Waals surface area contributed by atoms with Gasteiger partial charge in [-0.25, -0.2) is 4.98 Å². The average Bonchev–Trinajstić information content (AvgIpc) is 2.70. The molecule has 0 saturated heterocycles. The summed E-state index contributed by atoms with van der Waals surface area (Å²) in [5, 5.41) is 7.35. The summed E-state index contributed by atoms with van der Waals surface area (Å²) in [6.45, 7) is 2.02. The van der Waals surface area contributed by atoms with Gasteiger partial charge in [0.2, 0.25) is 5.95 Å². The number of rotatable bonds is 9. The average molecular weight is 383 g/mol. The summed E-state index contributed by atoms with van der Waals surface area (Å²) in [6.07, 6.45) is 0.883. The molecule has 0 unspecified atom stereocenters. The minimum Gasteiger partial charge on any atom is -0.383 e. The summed E-state index contributed by atoms with van der Waals surface area (Å²) in [5.74, 6) is 1.38. The number of methoxy groups -OCH3 is 1. The van der Waals surface area contributed by atoms with Crippen molar-refractivity contribution in [1.29, 1.82) is 0 Å². The quantitative estimate of drug-likeness (QED) is 0.533. The van der Waals surface area contributed by atoms with Gasteiger partial charge >= 0.3 is 0 Å². The number of hydrogen-bond donors (Lipinski definition) is 2. The standard InChI is InChI=1S/C21H23ClN4O/c1-27-14-13-24-21-25-19(17-5-3-2-4-6-17)15-20(26-21)23-12-11-16-7-9-18(22)10-8-16/h2-10,15H,11-14H2,1H3,(H2,23,24,25,26). The Morgan fingerprint density at radius 1 is 0.926 bits per heavy atom. The van der Waals surface area contributed by atoms with Crippen LogP contribution in [0.15, 0.2) is 60.7 Å². The van der Waals surface area contributed by atoms with Crippen LogP contribution in [0.5, 0.6) is 0 Å². The van der Waals surface area contributed by atoms with Crippen molar-refractivity contribution in [3.8, 4) is 11.3 Å². The molecule has 5 nitrogen and oxygen atoms in total. The van der Waals surface area contributed by atoms with Crippen LogP contribution in [0.1, 0.15) is 5.56 Å². The number of anilines is 2. The van der Waals surface area contributed by atoms with E-state index in [1.807, 2.05) is 60.7 Å². The van der Waals surface area contributed by atoms with E-state index < -0.39 is 0 Å². The van der Waals surface area contributed by atoms with Crippen molar-refractivity contribution in [2.24, 2.45) is 0 Å². The van der Waals surface area contributed by atoms with Gasteiger partial charge in [-0.15, -0.1) is 0 Å². The van der Waals surface area contributed by atoms with Crippen LogP contribution in [-0.4, -0.2) is 36.8 Å². The number of halogens is 1. The molecule has 6 heteroatoms. The first-order valence-electron chi connectivity index (χ1n) is 8.90. The first-order chi connectivity index (χ1) is 13.2. The smallest absolute Gasteiger partial charge is 0.225 e. The normalized spacial score (nSPS) is 10.6. The second-order valence-electron chi connectivity index (χ2n) is 6.05. The third-order valence-corrected chi connectivity index (χ3v) is 4.27. The SMILES string of the molecule is COCCNc1nc(NCCc2ccc(Cl)cc2)cc(-c2ccccc2)n1. The van der Waals surface area contributed by atoms with Crippen molar-refractivity contribution in [3.63, 3.8) is 0 Å². The highest BCUT2D eigenvalue weighted by molar-refractivity contribution is 6.30. The molecule has 0 fully saturated rings. The first kappa shape index (κ1) is 19.1. The molecule has 0 aliphatic carbocycles. The van der Waals surface area contributed by atoms with E-state index in [4.69, 9.17) is 16.3 Å². The lowest BCUT2D eigenvalue weighted by Gasteiger charge is -2.11. The van der Waals surface area contributed by atoms with E-state index in [-0.39, 0.29) is 0 Å².